The molecule has 0 bridgehead atoms. The average Bonchev–Trinajstić information content (AvgIpc) is 2.81. The molecule has 0 aliphatic rings. The first kappa shape index (κ1) is 23.1. The molecule has 182 valence electrons. The summed E-state index contributed by atoms with van der Waals surface area (Å²) in [5.74, 6) is -8.55. The van der Waals surface area contributed by atoms with Crippen LogP contribution in [-0.4, -0.2) is 64.9 Å². The van der Waals surface area contributed by atoms with Gasteiger partial charge in [0.2, 0.25) is 0 Å². The molecule has 0 radical (unpaired) electrons. The highest BCUT2D eigenvalue weighted by Crippen LogP contribution is 2.38. The maximum Gasteiger partial charge on any atom is 0.463 e. The van der Waals surface area contributed by atoms with Crippen molar-refractivity contribution in [2.24, 2.45) is 0 Å². The minimum absolute atomic E-state index is 0.797. The molecule has 0 aliphatic heterocycles. The highest BCUT2D eigenvalue weighted by Gasteiger charge is 2.42. The summed E-state index contributed by atoms with van der Waals surface area (Å²) in [6.07, 6.45) is 0. The van der Waals surface area contributed by atoms with Gasteiger partial charge in [0.05, 0.1) is 0 Å². The Morgan fingerprint density at radius 1 is 0.444 bits per heavy atom. The smallest absolute Gasteiger partial charge is 0.358 e. The Morgan fingerprint density at radius 2 is 0.667 bits per heavy atom. The van der Waals surface area contributed by atoms with E-state index in [0.29, 0.717) is 0 Å². The van der Waals surface area contributed by atoms with E-state index in [1.54, 1.807) is 0 Å². The van der Waals surface area contributed by atoms with Gasteiger partial charge in [0, 0.05) is 0 Å². The molecular formula is C12H2N12O12. The Hall–Kier alpha value is -6.04. The second-order valence-electron chi connectivity index (χ2n) is 6.28. The van der Waals surface area contributed by atoms with Crippen LogP contribution < -0.4 is 5.23 Å². The molecule has 4 aromatic rings. The van der Waals surface area contributed by atoms with Crippen LogP contribution in [0.3, 0.4) is 0 Å². The first-order chi connectivity index (χ1) is 16.8. The Balaban J connectivity index is 2.41. The lowest BCUT2D eigenvalue weighted by Crippen LogP contribution is -2.16. The molecule has 36 heavy (non-hydrogen) atoms. The minimum atomic E-state index is -1.48. The maximum absolute atomic E-state index is 11.4. The fourth-order valence-corrected chi connectivity index (χ4v) is 2.99. The van der Waals surface area contributed by atoms with Gasteiger partial charge in [0.25, 0.3) is 33.4 Å². The van der Waals surface area contributed by atoms with E-state index in [1.807, 2.05) is 0 Å². The van der Waals surface area contributed by atoms with Gasteiger partial charge in [-0.25, -0.2) is 4.98 Å². The number of hydrogen-bond donors (Lipinski definition) is 2. The SMILES string of the molecule is O=[N+]([O-])c1nc2c(nc1N(O)O)c1nc([N+](=O)[O-])c([N+](=O)[O-])nc1c1nc([N+](=O)[O-])c([N+](=O)[O-])nc21. The van der Waals surface area contributed by atoms with Crippen molar-refractivity contribution in [2.75, 3.05) is 5.23 Å². The molecule has 24 nitrogen and oxygen atoms in total. The zero-order chi connectivity index (χ0) is 26.6. The summed E-state index contributed by atoms with van der Waals surface area (Å²) in [5.41, 5.74) is -4.96. The van der Waals surface area contributed by atoms with E-state index < -0.39 is 97.9 Å². The van der Waals surface area contributed by atoms with Crippen LogP contribution in [0.4, 0.5) is 34.9 Å². The number of nitrogens with zero attached hydrogens (tertiary/aromatic N) is 12. The standard InChI is InChI=1S/C12H2N12O12/c25-19(26)7-8(20(27)28)14-2-1(13-7)3-5(16-10(22(31)32)9(15-3)21(29)30)6-4(2)17-11(23(33)34)12(18-6)24(35)36/h25-26H. The summed E-state index contributed by atoms with van der Waals surface area (Å²) in [6, 6.07) is 0. The summed E-state index contributed by atoms with van der Waals surface area (Å²) in [7, 11) is 0. The van der Waals surface area contributed by atoms with E-state index in [4.69, 9.17) is 0 Å². The van der Waals surface area contributed by atoms with E-state index in [9.17, 15) is 61.0 Å². The zero-order valence-corrected chi connectivity index (χ0v) is 16.3. The average molecular weight is 506 g/mol. The van der Waals surface area contributed by atoms with Crippen molar-refractivity contribution in [3.63, 3.8) is 0 Å². The molecule has 0 saturated carbocycles. The van der Waals surface area contributed by atoms with Crippen molar-refractivity contribution < 1.29 is 35.0 Å². The number of rotatable bonds is 6. The molecule has 0 amide bonds. The number of nitro groups is 5. The van der Waals surface area contributed by atoms with Crippen LogP contribution in [0.1, 0.15) is 0 Å². The number of anilines is 1. The molecule has 4 rings (SSSR count). The minimum Gasteiger partial charge on any atom is -0.358 e. The van der Waals surface area contributed by atoms with Crippen LogP contribution in [0.15, 0.2) is 0 Å². The number of benzene rings is 1. The molecule has 0 unspecified atom stereocenters. The van der Waals surface area contributed by atoms with E-state index in [1.165, 1.54) is 0 Å². The molecule has 0 spiro atoms. The van der Waals surface area contributed by atoms with Crippen LogP contribution in [0.25, 0.3) is 33.1 Å². The lowest BCUT2D eigenvalue weighted by Gasteiger charge is -2.07. The van der Waals surface area contributed by atoms with Crippen molar-refractivity contribution in [3.8, 4) is 0 Å². The predicted molar refractivity (Wildman–Crippen MR) is 105 cm³/mol. The molecule has 0 saturated heterocycles. The summed E-state index contributed by atoms with van der Waals surface area (Å²) in [4.78, 5) is 71.0. The molecule has 2 N–H and O–H groups in total. The predicted octanol–water partition coefficient (Wildman–Crippen LogP) is 0.642. The van der Waals surface area contributed by atoms with Crippen LogP contribution in [0.2, 0.25) is 0 Å². The monoisotopic (exact) mass is 506 g/mol. The lowest BCUT2D eigenvalue weighted by atomic mass is 10.2. The molecule has 3 aromatic heterocycles. The van der Waals surface area contributed by atoms with E-state index >= 15 is 0 Å². The third kappa shape index (κ3) is 3.34. The Kier molecular flexibility index (Phi) is 5.00. The van der Waals surface area contributed by atoms with Gasteiger partial charge in [-0.3, -0.25) is 10.4 Å². The first-order valence-corrected chi connectivity index (χ1v) is 8.50. The third-order valence-corrected chi connectivity index (χ3v) is 4.31. The quantitative estimate of drug-likeness (QED) is 0.205. The van der Waals surface area contributed by atoms with Crippen LogP contribution in [-0.2, 0) is 0 Å². The molecule has 24 heteroatoms. The Bertz CT molecular complexity index is 1670. The molecular weight excluding hydrogens is 504 g/mol. The normalized spacial score (nSPS) is 11.1. The fourth-order valence-electron chi connectivity index (χ4n) is 2.99. The molecule has 0 aliphatic carbocycles. The van der Waals surface area contributed by atoms with Gasteiger partial charge in [-0.05, 0) is 49.5 Å². The van der Waals surface area contributed by atoms with E-state index in [-0.39, 0.29) is 0 Å². The van der Waals surface area contributed by atoms with E-state index in [0.717, 1.165) is 0 Å². The first-order valence-electron chi connectivity index (χ1n) is 8.50. The van der Waals surface area contributed by atoms with Crippen molar-refractivity contribution in [2.45, 2.75) is 0 Å². The Morgan fingerprint density at radius 3 is 0.889 bits per heavy atom. The topological polar surface area (TPSA) is 337 Å². The second-order valence-corrected chi connectivity index (χ2v) is 6.28. The maximum atomic E-state index is 11.4. The van der Waals surface area contributed by atoms with Crippen molar-refractivity contribution >= 4 is 68.0 Å². The largest absolute Gasteiger partial charge is 0.463 e. The molecule has 0 fully saturated rings. The summed E-state index contributed by atoms with van der Waals surface area (Å²) >= 11 is 0. The third-order valence-electron chi connectivity index (χ3n) is 4.31. The lowest BCUT2D eigenvalue weighted by molar-refractivity contribution is -0.428. The molecule has 3 heterocycles. The van der Waals surface area contributed by atoms with Crippen molar-refractivity contribution in [1.29, 1.82) is 0 Å². The van der Waals surface area contributed by atoms with Crippen molar-refractivity contribution in [3.05, 3.63) is 50.6 Å². The van der Waals surface area contributed by atoms with E-state index in [2.05, 4.69) is 29.9 Å². The van der Waals surface area contributed by atoms with Crippen molar-refractivity contribution in [1.82, 2.24) is 29.9 Å². The number of aromatic nitrogens is 6. The van der Waals surface area contributed by atoms with Gasteiger partial charge in [-0.15, -0.1) is 5.23 Å². The summed E-state index contributed by atoms with van der Waals surface area (Å²) in [5, 5.41) is 74.5. The Labute approximate surface area is 189 Å². The van der Waals surface area contributed by atoms with Crippen LogP contribution >= 0.6 is 0 Å². The zero-order valence-electron chi connectivity index (χ0n) is 16.3. The fraction of sp³-hybridized carbons (Fsp3) is 0. The molecule has 0 atom stereocenters. The van der Waals surface area contributed by atoms with Gasteiger partial charge in [-0.2, -0.15) is 0 Å². The highest BCUT2D eigenvalue weighted by molar-refractivity contribution is 6.19. The number of hydrogen-bond acceptors (Lipinski definition) is 19. The van der Waals surface area contributed by atoms with Crippen LogP contribution in [0.5, 0.6) is 0 Å². The summed E-state index contributed by atoms with van der Waals surface area (Å²) in [6.45, 7) is 0. The number of fused-ring (bicyclic) bond motifs is 6. The molecule has 1 aromatic carbocycles. The second kappa shape index (κ2) is 7.78. The highest BCUT2D eigenvalue weighted by atomic mass is 16.8. The van der Waals surface area contributed by atoms with Gasteiger partial charge in [0.1, 0.15) is 0 Å². The van der Waals surface area contributed by atoms with Gasteiger partial charge < -0.3 is 50.6 Å². The van der Waals surface area contributed by atoms with Gasteiger partial charge >= 0.3 is 29.1 Å². The van der Waals surface area contributed by atoms with Crippen LogP contribution in [0, 0.1) is 50.6 Å². The van der Waals surface area contributed by atoms with Gasteiger partial charge in [-0.1, -0.05) is 0 Å². The van der Waals surface area contributed by atoms with Gasteiger partial charge in [0.15, 0.2) is 5.52 Å². The summed E-state index contributed by atoms with van der Waals surface area (Å²) < 4.78 is 0.